The number of carbonyl (C=O) groups excluding carboxylic acids is 2. The van der Waals surface area contributed by atoms with Gasteiger partial charge in [0.15, 0.2) is 10.8 Å². The number of nitrogens with one attached hydrogen (secondary N) is 1. The molecule has 2 aromatic rings. The van der Waals surface area contributed by atoms with Gasteiger partial charge in [-0.3, -0.25) is 0 Å². The highest BCUT2D eigenvalue weighted by Gasteiger charge is 2.51. The number of hydrogen-bond acceptors (Lipinski definition) is 9. The first kappa shape index (κ1) is 23.6. The van der Waals surface area contributed by atoms with Crippen molar-refractivity contribution in [2.24, 2.45) is 4.99 Å². The van der Waals surface area contributed by atoms with E-state index in [1.807, 2.05) is 0 Å². The average molecular weight is 462 g/mol. The molecule has 10 heteroatoms. The topological polar surface area (TPSA) is 99.1 Å². The highest BCUT2D eigenvalue weighted by molar-refractivity contribution is 7.11. The van der Waals surface area contributed by atoms with Crippen LogP contribution in [-0.2, 0) is 29.3 Å². The monoisotopic (exact) mass is 461 g/mol. The summed E-state index contributed by atoms with van der Waals surface area (Å²) >= 11 is 1.32. The first-order chi connectivity index (χ1) is 15.2. The first-order valence-electron chi connectivity index (χ1n) is 9.80. The third-order valence-electron chi connectivity index (χ3n) is 5.23. The van der Waals surface area contributed by atoms with Crippen LogP contribution in [0.25, 0.3) is 0 Å². The number of rotatable bonds is 7. The van der Waals surface area contributed by atoms with E-state index in [1.165, 1.54) is 56.7 Å². The highest BCUT2D eigenvalue weighted by Crippen LogP contribution is 2.42. The minimum absolute atomic E-state index is 0.0354. The maximum absolute atomic E-state index is 13.7. The van der Waals surface area contributed by atoms with Crippen molar-refractivity contribution >= 4 is 29.1 Å². The zero-order chi connectivity index (χ0) is 23.5. The second kappa shape index (κ2) is 9.17. The Morgan fingerprint density at radius 3 is 2.44 bits per heavy atom. The Morgan fingerprint density at radius 2 is 1.91 bits per heavy atom. The van der Waals surface area contributed by atoms with Gasteiger partial charge in [0.2, 0.25) is 5.60 Å². The summed E-state index contributed by atoms with van der Waals surface area (Å²) in [6.45, 7) is 5.06. The number of aromatic nitrogens is 1. The van der Waals surface area contributed by atoms with Gasteiger partial charge in [-0.2, -0.15) is 0 Å². The predicted molar refractivity (Wildman–Crippen MR) is 117 cm³/mol. The van der Waals surface area contributed by atoms with E-state index in [0.29, 0.717) is 16.4 Å². The highest BCUT2D eigenvalue weighted by atomic mass is 32.1. The molecule has 2 heterocycles. The van der Waals surface area contributed by atoms with E-state index >= 15 is 0 Å². The minimum atomic E-state index is -1.69. The molecule has 2 atom stereocenters. The lowest BCUT2D eigenvalue weighted by molar-refractivity contribution is -0.162. The SMILES string of the molecule is CCOC(C)(C(=O)OC)C1=C(C(=O)OC)C(C)(c2ccc(F)cc2)N=C(c2nccs2)N1. The van der Waals surface area contributed by atoms with Gasteiger partial charge in [0, 0.05) is 18.2 Å². The number of carbonyl (C=O) groups is 2. The molecular weight excluding hydrogens is 437 g/mol. The van der Waals surface area contributed by atoms with Gasteiger partial charge in [-0.25, -0.2) is 24.0 Å². The maximum Gasteiger partial charge on any atom is 0.344 e. The molecule has 8 nitrogen and oxygen atoms in total. The largest absolute Gasteiger partial charge is 0.467 e. The van der Waals surface area contributed by atoms with E-state index in [4.69, 9.17) is 19.2 Å². The summed E-state index contributed by atoms with van der Waals surface area (Å²) in [6, 6.07) is 5.61. The van der Waals surface area contributed by atoms with Gasteiger partial charge in [-0.1, -0.05) is 12.1 Å². The number of benzene rings is 1. The smallest absolute Gasteiger partial charge is 0.344 e. The van der Waals surface area contributed by atoms with Gasteiger partial charge in [0.05, 0.1) is 25.5 Å². The van der Waals surface area contributed by atoms with Crippen LogP contribution >= 0.6 is 11.3 Å². The van der Waals surface area contributed by atoms with Crippen LogP contribution in [0.2, 0.25) is 0 Å². The molecule has 1 aromatic heterocycles. The predicted octanol–water partition coefficient (Wildman–Crippen LogP) is 2.94. The van der Waals surface area contributed by atoms with Crippen LogP contribution in [0.15, 0.2) is 52.1 Å². The van der Waals surface area contributed by atoms with Gasteiger partial charge in [0.1, 0.15) is 11.4 Å². The zero-order valence-corrected chi connectivity index (χ0v) is 19.2. The summed E-state index contributed by atoms with van der Waals surface area (Å²) in [5.41, 5.74) is -2.38. The molecule has 32 heavy (non-hydrogen) atoms. The second-order valence-electron chi connectivity index (χ2n) is 7.20. The number of aliphatic imine (C=N–C) groups is 1. The standard InChI is InChI=1S/C22H24FN3O5S/c1-6-31-22(3,20(28)30-5)16-15(19(27)29-4)21(2,13-7-9-14(23)10-8-13)26-17(25-16)18-24-11-12-32-18/h7-12H,6H2,1-5H3,(H,25,26). The quantitative estimate of drug-likeness (QED) is 0.633. The number of halogens is 1. The van der Waals surface area contributed by atoms with Crippen LogP contribution in [-0.4, -0.2) is 49.2 Å². The number of hydrogen-bond donors (Lipinski definition) is 1. The summed E-state index contributed by atoms with van der Waals surface area (Å²) < 4.78 is 29.6. The van der Waals surface area contributed by atoms with Gasteiger partial charge in [-0.15, -0.1) is 11.3 Å². The lowest BCUT2D eigenvalue weighted by atomic mass is 9.79. The molecular formula is C22H24FN3O5S. The van der Waals surface area contributed by atoms with Crippen molar-refractivity contribution in [1.29, 1.82) is 0 Å². The molecule has 1 N–H and O–H groups in total. The molecule has 0 bridgehead atoms. The normalized spacial score (nSPS) is 20.1. The van der Waals surface area contributed by atoms with Crippen molar-refractivity contribution in [1.82, 2.24) is 10.3 Å². The molecule has 0 saturated carbocycles. The van der Waals surface area contributed by atoms with Crippen LogP contribution in [0.3, 0.4) is 0 Å². The molecule has 2 unspecified atom stereocenters. The number of ether oxygens (including phenoxy) is 3. The van der Waals surface area contributed by atoms with Crippen molar-refractivity contribution in [2.45, 2.75) is 31.9 Å². The molecule has 1 aromatic carbocycles. The van der Waals surface area contributed by atoms with E-state index in [2.05, 4.69) is 10.3 Å². The van der Waals surface area contributed by atoms with Crippen molar-refractivity contribution in [2.75, 3.05) is 20.8 Å². The van der Waals surface area contributed by atoms with E-state index in [-0.39, 0.29) is 17.9 Å². The van der Waals surface area contributed by atoms with Gasteiger partial charge in [-0.05, 0) is 38.5 Å². The van der Waals surface area contributed by atoms with Gasteiger partial charge in [0.25, 0.3) is 0 Å². The minimum Gasteiger partial charge on any atom is -0.467 e. The molecule has 0 aliphatic carbocycles. The fourth-order valence-corrected chi connectivity index (χ4v) is 4.21. The third kappa shape index (κ3) is 4.03. The Labute approximate surface area is 189 Å². The summed E-state index contributed by atoms with van der Waals surface area (Å²) in [5.74, 6) is -1.56. The Bertz CT molecular complexity index is 1070. The second-order valence-corrected chi connectivity index (χ2v) is 8.10. The molecule has 0 saturated heterocycles. The molecule has 0 fully saturated rings. The molecule has 170 valence electrons. The van der Waals surface area contributed by atoms with Crippen LogP contribution in [0.5, 0.6) is 0 Å². The van der Waals surface area contributed by atoms with Crippen molar-refractivity contribution in [3.05, 3.63) is 63.5 Å². The summed E-state index contributed by atoms with van der Waals surface area (Å²) in [6.07, 6.45) is 1.61. The van der Waals surface area contributed by atoms with Gasteiger partial charge < -0.3 is 19.5 Å². The van der Waals surface area contributed by atoms with Crippen LogP contribution in [0.1, 0.15) is 31.3 Å². The molecule has 0 amide bonds. The molecule has 1 aliphatic heterocycles. The van der Waals surface area contributed by atoms with Crippen LogP contribution in [0.4, 0.5) is 4.39 Å². The Hall–Kier alpha value is -3.11. The lowest BCUT2D eigenvalue weighted by Crippen LogP contribution is -2.53. The van der Waals surface area contributed by atoms with E-state index in [9.17, 15) is 14.0 Å². The van der Waals surface area contributed by atoms with Crippen molar-refractivity contribution in [3.8, 4) is 0 Å². The molecule has 0 radical (unpaired) electrons. The van der Waals surface area contributed by atoms with Crippen molar-refractivity contribution in [3.63, 3.8) is 0 Å². The van der Waals surface area contributed by atoms with Crippen molar-refractivity contribution < 1.29 is 28.2 Å². The van der Waals surface area contributed by atoms with Gasteiger partial charge >= 0.3 is 11.9 Å². The van der Waals surface area contributed by atoms with E-state index in [1.54, 1.807) is 25.4 Å². The first-order valence-corrected chi connectivity index (χ1v) is 10.7. The zero-order valence-electron chi connectivity index (χ0n) is 18.4. The number of esters is 2. The lowest BCUT2D eigenvalue weighted by Gasteiger charge is -2.39. The number of amidine groups is 1. The Morgan fingerprint density at radius 1 is 1.22 bits per heavy atom. The fourth-order valence-electron chi connectivity index (χ4n) is 3.63. The molecule has 1 aliphatic rings. The Kier molecular flexibility index (Phi) is 6.75. The average Bonchev–Trinajstić information content (AvgIpc) is 3.33. The van der Waals surface area contributed by atoms with Crippen LogP contribution in [0, 0.1) is 5.82 Å². The van der Waals surface area contributed by atoms with E-state index < -0.39 is 28.9 Å². The number of nitrogens with zero attached hydrogens (tertiary/aromatic N) is 2. The summed E-state index contributed by atoms with van der Waals surface area (Å²) in [4.78, 5) is 35.1. The molecule has 3 rings (SSSR count). The summed E-state index contributed by atoms with van der Waals surface area (Å²) in [7, 11) is 2.46. The summed E-state index contributed by atoms with van der Waals surface area (Å²) in [5, 5.41) is 5.38. The number of methoxy groups -OCH3 is 2. The van der Waals surface area contributed by atoms with Crippen LogP contribution < -0.4 is 5.32 Å². The Balaban J connectivity index is 2.37. The fraction of sp³-hybridized carbons (Fsp3) is 0.364. The maximum atomic E-state index is 13.7. The third-order valence-corrected chi connectivity index (χ3v) is 6.01. The number of thiazole rings is 1. The van der Waals surface area contributed by atoms with E-state index in [0.717, 1.165) is 0 Å². The molecule has 0 spiro atoms.